The van der Waals surface area contributed by atoms with Crippen molar-refractivity contribution in [2.75, 3.05) is 13.1 Å². The van der Waals surface area contributed by atoms with E-state index >= 15 is 0 Å². The molecule has 1 saturated heterocycles. The zero-order chi connectivity index (χ0) is 19.6. The zero-order valence-electron chi connectivity index (χ0n) is 15.9. The Morgan fingerprint density at radius 3 is 2.89 bits per heavy atom. The predicted molar refractivity (Wildman–Crippen MR) is 98.8 cm³/mol. The predicted octanol–water partition coefficient (Wildman–Crippen LogP) is 3.14. The van der Waals surface area contributed by atoms with Crippen molar-refractivity contribution >= 4 is 5.91 Å². The van der Waals surface area contributed by atoms with Crippen LogP contribution in [0.15, 0.2) is 45.7 Å². The Labute approximate surface area is 162 Å². The van der Waals surface area contributed by atoms with Crippen molar-refractivity contribution in [1.82, 2.24) is 20.0 Å². The quantitative estimate of drug-likeness (QED) is 0.669. The van der Waals surface area contributed by atoms with E-state index in [9.17, 15) is 4.79 Å². The molecule has 0 N–H and O–H groups in total. The number of aromatic nitrogens is 3. The number of hydrogen-bond donors (Lipinski definition) is 0. The summed E-state index contributed by atoms with van der Waals surface area (Å²) in [5.41, 5.74) is 0.202. The molecule has 1 unspecified atom stereocenters. The minimum Gasteiger partial charge on any atom is -0.484 e. The fourth-order valence-electron chi connectivity index (χ4n) is 3.47. The first-order chi connectivity index (χ1) is 13.5. The lowest BCUT2D eigenvalue weighted by Gasteiger charge is -2.38. The molecule has 0 radical (unpaired) electrons. The van der Waals surface area contributed by atoms with Crippen LogP contribution in [0.4, 0.5) is 0 Å². The average Bonchev–Trinajstić information content (AvgIpc) is 3.36. The molecule has 8 nitrogen and oxygen atoms in total. The van der Waals surface area contributed by atoms with Crippen molar-refractivity contribution in [2.24, 2.45) is 0 Å². The monoisotopic (exact) mass is 382 g/mol. The van der Waals surface area contributed by atoms with Crippen LogP contribution in [-0.4, -0.2) is 39.0 Å². The molecule has 4 rings (SSSR count). The minimum absolute atomic E-state index is 0.156. The van der Waals surface area contributed by atoms with Gasteiger partial charge in [0, 0.05) is 18.5 Å². The number of benzene rings is 1. The molecule has 146 valence electrons. The van der Waals surface area contributed by atoms with E-state index in [1.165, 1.54) is 6.39 Å². The molecule has 0 saturated carbocycles. The van der Waals surface area contributed by atoms with Crippen molar-refractivity contribution < 1.29 is 18.5 Å². The molecule has 1 atom stereocenters. The standard InChI is InChI=1S/C20H22N4O4/c1-14-17(27-13-21-14)18(25)24-10-6-9-20(2,12-24)19-22-16(28-23-19)11-26-15-7-4-3-5-8-15/h3-5,7-8,13H,6,9-12H2,1-2H3. The molecule has 1 aromatic carbocycles. The number of ether oxygens (including phenoxy) is 1. The van der Waals surface area contributed by atoms with E-state index in [-0.39, 0.29) is 18.3 Å². The third-order valence-electron chi connectivity index (χ3n) is 5.04. The molecule has 2 aromatic heterocycles. The molecule has 8 heteroatoms. The maximum absolute atomic E-state index is 12.8. The third-order valence-corrected chi connectivity index (χ3v) is 5.04. The highest BCUT2D eigenvalue weighted by Crippen LogP contribution is 2.32. The summed E-state index contributed by atoms with van der Waals surface area (Å²) in [5, 5.41) is 4.16. The highest BCUT2D eigenvalue weighted by atomic mass is 16.5. The van der Waals surface area contributed by atoms with Crippen molar-refractivity contribution in [1.29, 1.82) is 0 Å². The summed E-state index contributed by atoms with van der Waals surface area (Å²) >= 11 is 0. The fraction of sp³-hybridized carbons (Fsp3) is 0.400. The van der Waals surface area contributed by atoms with Crippen molar-refractivity contribution in [2.45, 2.75) is 38.7 Å². The van der Waals surface area contributed by atoms with Crippen LogP contribution in [0.3, 0.4) is 0 Å². The zero-order valence-corrected chi connectivity index (χ0v) is 15.9. The number of carbonyl (C=O) groups excluding carboxylic acids is 1. The number of rotatable bonds is 5. The van der Waals surface area contributed by atoms with Crippen molar-refractivity contribution in [3.05, 3.63) is 59.9 Å². The number of likely N-dealkylation sites (tertiary alicyclic amines) is 1. The maximum atomic E-state index is 12.8. The highest BCUT2D eigenvalue weighted by molar-refractivity contribution is 5.92. The summed E-state index contributed by atoms with van der Waals surface area (Å²) in [6.07, 6.45) is 3.01. The number of oxazole rings is 1. The molecule has 3 aromatic rings. The topological polar surface area (TPSA) is 94.5 Å². The van der Waals surface area contributed by atoms with Crippen LogP contribution in [-0.2, 0) is 12.0 Å². The fourth-order valence-corrected chi connectivity index (χ4v) is 3.47. The Morgan fingerprint density at radius 2 is 2.14 bits per heavy atom. The van der Waals surface area contributed by atoms with E-state index < -0.39 is 5.41 Å². The summed E-state index contributed by atoms with van der Waals surface area (Å²) in [6, 6.07) is 9.47. The first-order valence-electron chi connectivity index (χ1n) is 9.25. The number of piperidine rings is 1. The molecule has 0 bridgehead atoms. The molecule has 3 heterocycles. The maximum Gasteiger partial charge on any atom is 0.291 e. The largest absolute Gasteiger partial charge is 0.484 e. The Bertz CT molecular complexity index is 952. The van der Waals surface area contributed by atoms with Crippen molar-refractivity contribution in [3.8, 4) is 5.75 Å². The number of nitrogens with zero attached hydrogens (tertiary/aromatic N) is 4. The SMILES string of the molecule is Cc1ncoc1C(=O)N1CCCC(C)(c2noc(COc3ccccc3)n2)C1. The molecular formula is C20H22N4O4. The summed E-state index contributed by atoms with van der Waals surface area (Å²) in [4.78, 5) is 23.1. The van der Waals surface area contributed by atoms with Gasteiger partial charge in [0.05, 0.1) is 5.69 Å². The van der Waals surface area contributed by atoms with Crippen LogP contribution in [0.5, 0.6) is 5.75 Å². The number of carbonyl (C=O) groups is 1. The second-order valence-corrected chi connectivity index (χ2v) is 7.27. The summed E-state index contributed by atoms with van der Waals surface area (Å²) < 4.78 is 16.3. The van der Waals surface area contributed by atoms with Crippen LogP contribution in [0.1, 0.15) is 47.7 Å². The van der Waals surface area contributed by atoms with Gasteiger partial charge in [0.15, 0.2) is 18.8 Å². The van der Waals surface area contributed by atoms with Gasteiger partial charge in [-0.3, -0.25) is 4.79 Å². The Balaban J connectivity index is 1.45. The molecule has 1 amide bonds. The second kappa shape index (κ2) is 7.46. The lowest BCUT2D eigenvalue weighted by atomic mass is 9.81. The van der Waals surface area contributed by atoms with Gasteiger partial charge in [0.2, 0.25) is 5.76 Å². The van der Waals surface area contributed by atoms with Crippen LogP contribution in [0.25, 0.3) is 0 Å². The molecule has 0 aliphatic carbocycles. The van der Waals surface area contributed by atoms with E-state index in [0.717, 1.165) is 18.6 Å². The lowest BCUT2D eigenvalue weighted by molar-refractivity contribution is 0.0609. The van der Waals surface area contributed by atoms with E-state index in [1.54, 1.807) is 11.8 Å². The van der Waals surface area contributed by atoms with Gasteiger partial charge in [-0.1, -0.05) is 30.3 Å². The second-order valence-electron chi connectivity index (χ2n) is 7.27. The van der Waals surface area contributed by atoms with Gasteiger partial charge < -0.3 is 18.6 Å². The van der Waals surface area contributed by atoms with E-state index in [1.807, 2.05) is 37.3 Å². The normalized spacial score (nSPS) is 19.6. The van der Waals surface area contributed by atoms with Crippen LogP contribution in [0.2, 0.25) is 0 Å². The molecule has 28 heavy (non-hydrogen) atoms. The van der Waals surface area contributed by atoms with Gasteiger partial charge in [-0.2, -0.15) is 4.98 Å². The number of aryl methyl sites for hydroxylation is 1. The lowest BCUT2D eigenvalue weighted by Crippen LogP contribution is -2.47. The van der Waals surface area contributed by atoms with Crippen LogP contribution in [0, 0.1) is 6.92 Å². The number of amides is 1. The van der Waals surface area contributed by atoms with Gasteiger partial charge in [0.1, 0.15) is 5.75 Å². The molecule has 1 aliphatic rings. The van der Waals surface area contributed by atoms with Gasteiger partial charge in [-0.15, -0.1) is 0 Å². The first-order valence-corrected chi connectivity index (χ1v) is 9.25. The Morgan fingerprint density at radius 1 is 1.32 bits per heavy atom. The van der Waals surface area contributed by atoms with Gasteiger partial charge >= 0.3 is 0 Å². The Hall–Kier alpha value is -3.16. The van der Waals surface area contributed by atoms with E-state index in [4.69, 9.17) is 13.7 Å². The molecular weight excluding hydrogens is 360 g/mol. The minimum atomic E-state index is -0.393. The summed E-state index contributed by atoms with van der Waals surface area (Å²) in [6.45, 7) is 5.17. The first kappa shape index (κ1) is 18.2. The van der Waals surface area contributed by atoms with Crippen LogP contribution >= 0.6 is 0 Å². The summed E-state index contributed by atoms with van der Waals surface area (Å²) in [5.74, 6) is 1.87. The van der Waals surface area contributed by atoms with Crippen LogP contribution < -0.4 is 4.74 Å². The summed E-state index contributed by atoms with van der Waals surface area (Å²) in [7, 11) is 0. The van der Waals surface area contributed by atoms with Crippen molar-refractivity contribution in [3.63, 3.8) is 0 Å². The average molecular weight is 382 g/mol. The van der Waals surface area contributed by atoms with E-state index in [2.05, 4.69) is 15.1 Å². The molecule has 1 fully saturated rings. The third kappa shape index (κ3) is 3.62. The van der Waals surface area contributed by atoms with Gasteiger partial charge in [0.25, 0.3) is 11.8 Å². The van der Waals surface area contributed by atoms with E-state index in [0.29, 0.717) is 30.5 Å². The molecule has 1 aliphatic heterocycles. The smallest absolute Gasteiger partial charge is 0.291 e. The number of hydrogen-bond acceptors (Lipinski definition) is 7. The Kier molecular flexibility index (Phi) is 4.85. The van der Waals surface area contributed by atoms with Gasteiger partial charge in [-0.05, 0) is 31.9 Å². The molecule has 0 spiro atoms. The van der Waals surface area contributed by atoms with Gasteiger partial charge in [-0.25, -0.2) is 4.98 Å². The highest BCUT2D eigenvalue weighted by Gasteiger charge is 2.39. The number of para-hydroxylation sites is 1.